The van der Waals surface area contributed by atoms with Crippen molar-refractivity contribution in [3.05, 3.63) is 29.8 Å². The zero-order valence-corrected chi connectivity index (χ0v) is 20.1. The molecule has 0 saturated carbocycles. The van der Waals surface area contributed by atoms with Gasteiger partial charge in [-0.3, -0.25) is 4.79 Å². The number of hydrogen-bond acceptors (Lipinski definition) is 6. The molecule has 2 N–H and O–H groups in total. The summed E-state index contributed by atoms with van der Waals surface area (Å²) in [5.74, 6) is 0.502. The van der Waals surface area contributed by atoms with Gasteiger partial charge in [0, 0.05) is 23.5 Å². The molecule has 1 heterocycles. The van der Waals surface area contributed by atoms with Gasteiger partial charge in [0.15, 0.2) is 5.78 Å². The van der Waals surface area contributed by atoms with Gasteiger partial charge in [0.25, 0.3) is 0 Å². The number of nitrogens with one attached hydrogen (secondary N) is 2. The van der Waals surface area contributed by atoms with E-state index in [0.29, 0.717) is 30.8 Å². The molecule has 7 nitrogen and oxygen atoms in total. The van der Waals surface area contributed by atoms with E-state index in [2.05, 4.69) is 24.5 Å². The van der Waals surface area contributed by atoms with Gasteiger partial charge in [0.2, 0.25) is 0 Å². The zero-order chi connectivity index (χ0) is 23.2. The van der Waals surface area contributed by atoms with Gasteiger partial charge in [-0.1, -0.05) is 57.7 Å². The Labute approximate surface area is 195 Å². The maximum Gasteiger partial charge on any atom is 0.407 e. The van der Waals surface area contributed by atoms with Crippen LogP contribution < -0.4 is 10.6 Å². The van der Waals surface area contributed by atoms with Crippen LogP contribution in [-0.2, 0) is 9.47 Å². The monoisotopic (exact) mass is 464 g/mol. The number of fused-ring (bicyclic) bond motifs is 1. The molecule has 1 aliphatic rings. The molecule has 0 fully saturated rings. The van der Waals surface area contributed by atoms with Gasteiger partial charge in [0.05, 0.1) is 0 Å². The third-order valence-corrected chi connectivity index (χ3v) is 6.59. The van der Waals surface area contributed by atoms with E-state index in [1.54, 1.807) is 17.8 Å². The van der Waals surface area contributed by atoms with Crippen LogP contribution in [0, 0.1) is 5.41 Å². The molecule has 1 aromatic carbocycles. The summed E-state index contributed by atoms with van der Waals surface area (Å²) in [6, 6.07) is 7.40. The fraction of sp³-hybridized carbons (Fsp3) is 0.625. The number of ketones is 1. The summed E-state index contributed by atoms with van der Waals surface area (Å²) in [7, 11) is 0. The number of hydrogen-bond donors (Lipinski definition) is 2. The number of thioether (sulfide) groups is 1. The number of amides is 2. The van der Waals surface area contributed by atoms with Crippen molar-refractivity contribution in [2.45, 2.75) is 63.7 Å². The topological polar surface area (TPSA) is 93.7 Å². The van der Waals surface area contributed by atoms with Gasteiger partial charge >= 0.3 is 12.2 Å². The number of benzene rings is 1. The summed E-state index contributed by atoms with van der Waals surface area (Å²) in [6.07, 6.45) is 5.26. The van der Waals surface area contributed by atoms with Crippen molar-refractivity contribution in [3.8, 4) is 0 Å². The molecule has 1 aromatic rings. The molecule has 0 bridgehead atoms. The SMILES string of the molecule is CCCCCNC(=O)OCC1(COC(=O)NCCCCC)CCSc2ccccc2C1=O. The zero-order valence-electron chi connectivity index (χ0n) is 19.2. The number of carbonyl (C=O) groups excluding carboxylic acids is 3. The molecule has 0 aromatic heterocycles. The van der Waals surface area contributed by atoms with E-state index >= 15 is 0 Å². The largest absolute Gasteiger partial charge is 0.448 e. The Bertz CT molecular complexity index is 728. The predicted octanol–water partition coefficient (Wildman–Crippen LogP) is 5.18. The molecule has 32 heavy (non-hydrogen) atoms. The minimum absolute atomic E-state index is 0.135. The van der Waals surface area contributed by atoms with Crippen molar-refractivity contribution in [2.24, 2.45) is 5.41 Å². The number of unbranched alkanes of at least 4 members (excludes halogenated alkanes) is 4. The standard InChI is InChI=1S/C24H36N2O5S/c1-3-5-9-14-25-22(28)30-17-24(18-31-23(29)26-15-10-6-4-2)13-16-32-20-12-8-7-11-19(20)21(24)27/h7-8,11-12H,3-6,9-10,13-18H2,1-2H3,(H,25,28)(H,26,29). The van der Waals surface area contributed by atoms with Gasteiger partial charge < -0.3 is 20.1 Å². The molecule has 0 saturated heterocycles. The number of rotatable bonds is 12. The van der Waals surface area contributed by atoms with Gasteiger partial charge in [-0.25, -0.2) is 9.59 Å². The van der Waals surface area contributed by atoms with E-state index in [0.717, 1.165) is 43.4 Å². The second-order valence-electron chi connectivity index (χ2n) is 8.12. The molecule has 0 atom stereocenters. The average molecular weight is 465 g/mol. The molecule has 2 rings (SSSR count). The first-order chi connectivity index (χ1) is 15.5. The summed E-state index contributed by atoms with van der Waals surface area (Å²) in [5.41, 5.74) is -0.532. The van der Waals surface area contributed by atoms with Gasteiger partial charge in [-0.15, -0.1) is 11.8 Å². The van der Waals surface area contributed by atoms with E-state index in [-0.39, 0.29) is 19.0 Å². The van der Waals surface area contributed by atoms with Crippen LogP contribution in [0.5, 0.6) is 0 Å². The highest BCUT2D eigenvalue weighted by molar-refractivity contribution is 7.99. The van der Waals surface area contributed by atoms with Gasteiger partial charge in [-0.2, -0.15) is 0 Å². The van der Waals surface area contributed by atoms with Crippen molar-refractivity contribution in [2.75, 3.05) is 32.1 Å². The summed E-state index contributed by atoms with van der Waals surface area (Å²) in [5, 5.41) is 5.46. The highest BCUT2D eigenvalue weighted by Crippen LogP contribution is 2.39. The molecule has 0 aliphatic carbocycles. The quantitative estimate of drug-likeness (QED) is 0.414. The van der Waals surface area contributed by atoms with Crippen molar-refractivity contribution in [1.29, 1.82) is 0 Å². The predicted molar refractivity (Wildman–Crippen MR) is 126 cm³/mol. The van der Waals surface area contributed by atoms with E-state index in [1.165, 1.54) is 0 Å². The fourth-order valence-corrected chi connectivity index (χ4v) is 4.70. The highest BCUT2D eigenvalue weighted by Gasteiger charge is 2.44. The third-order valence-electron chi connectivity index (χ3n) is 5.51. The van der Waals surface area contributed by atoms with Crippen LogP contribution in [0.25, 0.3) is 0 Å². The Morgan fingerprint density at radius 2 is 1.50 bits per heavy atom. The number of ether oxygens (including phenoxy) is 2. The maximum atomic E-state index is 13.5. The fourth-order valence-electron chi connectivity index (χ4n) is 3.49. The first-order valence-corrected chi connectivity index (χ1v) is 12.6. The van der Waals surface area contributed by atoms with E-state index in [1.807, 2.05) is 18.2 Å². The molecule has 2 amide bonds. The van der Waals surface area contributed by atoms with Crippen LogP contribution in [0.1, 0.15) is 69.2 Å². The van der Waals surface area contributed by atoms with E-state index < -0.39 is 17.6 Å². The second kappa shape index (κ2) is 14.0. The number of carbonyl (C=O) groups is 3. The Morgan fingerprint density at radius 3 is 2.06 bits per heavy atom. The maximum absolute atomic E-state index is 13.5. The van der Waals surface area contributed by atoms with E-state index in [4.69, 9.17) is 9.47 Å². The van der Waals surface area contributed by atoms with Crippen LogP contribution in [-0.4, -0.2) is 50.0 Å². The van der Waals surface area contributed by atoms with Crippen LogP contribution in [0.2, 0.25) is 0 Å². The van der Waals surface area contributed by atoms with Crippen molar-refractivity contribution < 1.29 is 23.9 Å². The number of alkyl carbamates (subject to hydrolysis) is 2. The summed E-state index contributed by atoms with van der Waals surface area (Å²) >= 11 is 1.59. The average Bonchev–Trinajstić information content (AvgIpc) is 2.94. The van der Waals surface area contributed by atoms with Crippen LogP contribution in [0.3, 0.4) is 0 Å². The summed E-state index contributed by atoms with van der Waals surface area (Å²) in [6.45, 7) is 4.98. The third kappa shape index (κ3) is 8.04. The lowest BCUT2D eigenvalue weighted by Gasteiger charge is -2.30. The molecule has 0 unspecified atom stereocenters. The van der Waals surface area contributed by atoms with Gasteiger partial charge in [-0.05, 0) is 31.1 Å². The lowest BCUT2D eigenvalue weighted by atomic mass is 9.79. The molecule has 1 aliphatic heterocycles. The molecule has 8 heteroatoms. The molecule has 0 spiro atoms. The number of Topliss-reactive ketones (excluding diaryl/α,β-unsaturated/α-hetero) is 1. The molecular weight excluding hydrogens is 428 g/mol. The Balaban J connectivity index is 2.06. The second-order valence-corrected chi connectivity index (χ2v) is 9.26. The summed E-state index contributed by atoms with van der Waals surface area (Å²) in [4.78, 5) is 38.8. The summed E-state index contributed by atoms with van der Waals surface area (Å²) < 4.78 is 10.9. The van der Waals surface area contributed by atoms with Crippen molar-refractivity contribution in [3.63, 3.8) is 0 Å². The van der Waals surface area contributed by atoms with Crippen molar-refractivity contribution in [1.82, 2.24) is 10.6 Å². The lowest BCUT2D eigenvalue weighted by Crippen LogP contribution is -2.44. The Kier molecular flexibility index (Phi) is 11.4. The minimum atomic E-state index is -1.11. The Morgan fingerprint density at radius 1 is 0.938 bits per heavy atom. The van der Waals surface area contributed by atoms with Crippen LogP contribution in [0.4, 0.5) is 9.59 Å². The molecular formula is C24H36N2O5S. The van der Waals surface area contributed by atoms with Crippen molar-refractivity contribution >= 4 is 29.7 Å². The lowest BCUT2D eigenvalue weighted by molar-refractivity contribution is 0.0247. The Hall–Kier alpha value is -2.22. The molecule has 0 radical (unpaired) electrons. The normalized spacial score (nSPS) is 14.8. The van der Waals surface area contributed by atoms with Crippen LogP contribution in [0.15, 0.2) is 29.2 Å². The smallest absolute Gasteiger partial charge is 0.407 e. The molecule has 178 valence electrons. The minimum Gasteiger partial charge on any atom is -0.448 e. The highest BCUT2D eigenvalue weighted by atomic mass is 32.2. The van der Waals surface area contributed by atoms with Crippen LogP contribution >= 0.6 is 11.8 Å². The first kappa shape index (κ1) is 26.0. The van der Waals surface area contributed by atoms with Gasteiger partial charge in [0.1, 0.15) is 18.6 Å². The van der Waals surface area contributed by atoms with E-state index in [9.17, 15) is 14.4 Å². The first-order valence-electron chi connectivity index (χ1n) is 11.6.